The molecule has 1 fully saturated rings. The van der Waals surface area contributed by atoms with Crippen LogP contribution < -0.4 is 0 Å². The van der Waals surface area contributed by atoms with Gasteiger partial charge in [0.2, 0.25) is 0 Å². The lowest BCUT2D eigenvalue weighted by Crippen LogP contribution is -2.26. The number of Topliss-reactive ketones (excluding diaryl/α,β-unsaturated/α-hetero) is 1. The van der Waals surface area contributed by atoms with Crippen molar-refractivity contribution in [3.05, 3.63) is 95.1 Å². The number of carbonyl (C=O) groups is 4. The van der Waals surface area contributed by atoms with Gasteiger partial charge in [-0.3, -0.25) is 9.59 Å². The maximum atomic E-state index is 12.2. The molecule has 10 nitrogen and oxygen atoms in total. The fourth-order valence-electron chi connectivity index (χ4n) is 4.24. The van der Waals surface area contributed by atoms with Gasteiger partial charge in [-0.1, -0.05) is 96.3 Å². The first-order valence-electron chi connectivity index (χ1n) is 16.9. The monoisotopic (exact) mass is 696 g/mol. The van der Waals surface area contributed by atoms with Crippen molar-refractivity contribution in [3.63, 3.8) is 0 Å². The Bertz CT molecular complexity index is 1360. The number of esters is 2. The maximum absolute atomic E-state index is 12.2. The molecule has 1 N–H and O–H groups in total. The molecule has 2 aromatic carbocycles. The van der Waals surface area contributed by atoms with Gasteiger partial charge in [-0.05, 0) is 67.7 Å². The van der Waals surface area contributed by atoms with E-state index < -0.39 is 12.3 Å². The summed E-state index contributed by atoms with van der Waals surface area (Å²) in [5.41, 5.74) is 5.17. The Labute approximate surface area is 297 Å². The Kier molecular flexibility index (Phi) is 20.5. The standard InChI is InChI=1S/C20H28O5.C13H18O2.C7H10O3/c1-13(2)10-16-6-8-17(9-7-16)15(5)18(21)11-24-19(22)12-25-20(23)14(3)4;1-10(2)8-12-4-6-13(7-5-12)11(3)15-9-14;1-5(2)7(8)10-4-6-3-9-6/h6-9,13,15,19,22H,3,10-12H2,1-2,4-5H3;4-7,9-11H,8H2,1-3H3;6H,1,3-4H2,2H3. The average molecular weight is 697 g/mol. The lowest BCUT2D eigenvalue weighted by Gasteiger charge is -2.15. The van der Waals surface area contributed by atoms with Crippen LogP contribution in [0.25, 0.3) is 0 Å². The van der Waals surface area contributed by atoms with E-state index in [2.05, 4.69) is 53.0 Å². The van der Waals surface area contributed by atoms with Crippen LogP contribution in [0.2, 0.25) is 0 Å². The zero-order valence-electron chi connectivity index (χ0n) is 30.9. The lowest BCUT2D eigenvalue weighted by molar-refractivity contribution is -0.165. The van der Waals surface area contributed by atoms with Crippen LogP contribution in [0.3, 0.4) is 0 Å². The molecule has 4 atom stereocenters. The second kappa shape index (κ2) is 23.3. The largest absolute Gasteiger partial charge is 0.460 e. The molecule has 1 aliphatic rings. The van der Waals surface area contributed by atoms with E-state index in [0.29, 0.717) is 37.1 Å². The maximum Gasteiger partial charge on any atom is 0.333 e. The minimum absolute atomic E-state index is 0.142. The Balaban J connectivity index is 0.000000420. The molecule has 3 rings (SSSR count). The number of epoxide rings is 1. The van der Waals surface area contributed by atoms with Crippen molar-refractivity contribution < 1.29 is 48.0 Å². The van der Waals surface area contributed by atoms with Crippen LogP contribution in [0.15, 0.2) is 72.8 Å². The van der Waals surface area contributed by atoms with Crippen molar-refractivity contribution >= 4 is 24.2 Å². The number of carbonyl (C=O) groups excluding carboxylic acids is 4. The first kappa shape index (κ1) is 43.9. The molecule has 276 valence electrons. The van der Waals surface area contributed by atoms with E-state index >= 15 is 0 Å². The van der Waals surface area contributed by atoms with Gasteiger partial charge in [-0.25, -0.2) is 9.59 Å². The van der Waals surface area contributed by atoms with E-state index in [1.165, 1.54) is 18.1 Å². The van der Waals surface area contributed by atoms with Crippen LogP contribution >= 0.6 is 0 Å². The molecule has 2 aromatic rings. The van der Waals surface area contributed by atoms with E-state index in [0.717, 1.165) is 24.0 Å². The SMILES string of the molecule is C=C(C)C(=O)OCC(O)OCC(=O)C(C)c1ccc(CC(C)C)cc1.C=C(C)C(=O)OCC1CO1.CC(C)Cc1ccc(C(C)OC=O)cc1. The van der Waals surface area contributed by atoms with Crippen molar-refractivity contribution in [1.29, 1.82) is 0 Å². The second-order valence-electron chi connectivity index (χ2n) is 13.2. The summed E-state index contributed by atoms with van der Waals surface area (Å²) in [4.78, 5) is 44.3. The summed E-state index contributed by atoms with van der Waals surface area (Å²) in [6.45, 7) is 23.4. The summed E-state index contributed by atoms with van der Waals surface area (Å²) in [5, 5.41) is 9.62. The lowest BCUT2D eigenvalue weighted by atomic mass is 9.94. The Morgan fingerprint density at radius 1 is 0.820 bits per heavy atom. The van der Waals surface area contributed by atoms with E-state index in [4.69, 9.17) is 23.7 Å². The van der Waals surface area contributed by atoms with Crippen LogP contribution in [0, 0.1) is 11.8 Å². The van der Waals surface area contributed by atoms with Crippen molar-refractivity contribution in [1.82, 2.24) is 0 Å². The molecule has 10 heteroatoms. The number of aliphatic hydroxyl groups is 1. The molecule has 50 heavy (non-hydrogen) atoms. The van der Waals surface area contributed by atoms with Gasteiger partial charge in [0.1, 0.15) is 32.0 Å². The highest BCUT2D eigenvalue weighted by molar-refractivity contribution is 5.87. The van der Waals surface area contributed by atoms with Crippen molar-refractivity contribution in [3.8, 4) is 0 Å². The van der Waals surface area contributed by atoms with Gasteiger partial charge in [0.15, 0.2) is 12.1 Å². The topological polar surface area (TPSA) is 138 Å². The minimum Gasteiger partial charge on any atom is -0.460 e. The Hall–Kier alpha value is -4.12. The van der Waals surface area contributed by atoms with Crippen LogP contribution in [-0.2, 0) is 55.7 Å². The van der Waals surface area contributed by atoms with Crippen LogP contribution in [0.1, 0.15) is 89.7 Å². The van der Waals surface area contributed by atoms with Gasteiger partial charge in [-0.2, -0.15) is 0 Å². The number of hydrogen-bond donors (Lipinski definition) is 1. The van der Waals surface area contributed by atoms with E-state index in [-0.39, 0.29) is 48.7 Å². The number of rotatable bonds is 18. The van der Waals surface area contributed by atoms with Gasteiger partial charge < -0.3 is 28.8 Å². The smallest absolute Gasteiger partial charge is 0.333 e. The second-order valence-corrected chi connectivity index (χ2v) is 13.2. The van der Waals surface area contributed by atoms with Gasteiger partial charge >= 0.3 is 11.9 Å². The van der Waals surface area contributed by atoms with Crippen molar-refractivity contribution in [2.75, 3.05) is 26.4 Å². The zero-order chi connectivity index (χ0) is 37.8. The molecular weight excluding hydrogens is 640 g/mol. The minimum atomic E-state index is -1.34. The highest BCUT2D eigenvalue weighted by Gasteiger charge is 2.24. The van der Waals surface area contributed by atoms with Gasteiger partial charge in [0.25, 0.3) is 6.47 Å². The molecule has 4 unspecified atom stereocenters. The summed E-state index contributed by atoms with van der Waals surface area (Å²) >= 11 is 0. The molecule has 0 saturated carbocycles. The summed E-state index contributed by atoms with van der Waals surface area (Å²) in [6.07, 6.45) is 0.732. The number of hydrogen-bond acceptors (Lipinski definition) is 10. The van der Waals surface area contributed by atoms with Crippen molar-refractivity contribution in [2.24, 2.45) is 11.8 Å². The number of benzene rings is 2. The zero-order valence-corrected chi connectivity index (χ0v) is 30.9. The number of aliphatic hydroxyl groups excluding tert-OH is 1. The molecule has 0 spiro atoms. The molecule has 0 amide bonds. The highest BCUT2D eigenvalue weighted by atomic mass is 16.6. The summed E-state index contributed by atoms with van der Waals surface area (Å²) in [7, 11) is 0. The summed E-state index contributed by atoms with van der Waals surface area (Å²) in [5.74, 6) is -0.183. The van der Waals surface area contributed by atoms with E-state index in [1.807, 2.05) is 43.3 Å². The van der Waals surface area contributed by atoms with Crippen LogP contribution in [-0.4, -0.2) is 68.1 Å². The van der Waals surface area contributed by atoms with Crippen molar-refractivity contribution in [2.45, 2.75) is 92.6 Å². The van der Waals surface area contributed by atoms with Gasteiger partial charge in [0.05, 0.1) is 6.61 Å². The first-order chi connectivity index (χ1) is 23.5. The number of ether oxygens (including phenoxy) is 5. The number of ketones is 1. The van der Waals surface area contributed by atoms with Gasteiger partial charge in [0, 0.05) is 17.1 Å². The average Bonchev–Trinajstić information content (AvgIpc) is 3.90. The Morgan fingerprint density at radius 2 is 1.28 bits per heavy atom. The molecule has 1 heterocycles. The normalized spacial score (nSPS) is 14.8. The third kappa shape index (κ3) is 19.2. The third-order valence-corrected chi connectivity index (χ3v) is 7.23. The molecule has 0 aliphatic carbocycles. The molecule has 0 aromatic heterocycles. The summed E-state index contributed by atoms with van der Waals surface area (Å²) in [6, 6.07) is 16.2. The van der Waals surface area contributed by atoms with Gasteiger partial charge in [-0.15, -0.1) is 0 Å². The molecule has 0 radical (unpaired) electrons. The fourth-order valence-corrected chi connectivity index (χ4v) is 4.24. The predicted octanol–water partition coefficient (Wildman–Crippen LogP) is 6.64. The molecule has 1 saturated heterocycles. The fraction of sp³-hybridized carbons (Fsp3) is 0.500. The van der Waals surface area contributed by atoms with Crippen LogP contribution in [0.5, 0.6) is 0 Å². The molecule has 0 bridgehead atoms. The van der Waals surface area contributed by atoms with Crippen LogP contribution in [0.4, 0.5) is 0 Å². The molecule has 1 aliphatic heterocycles. The first-order valence-corrected chi connectivity index (χ1v) is 16.9. The highest BCUT2D eigenvalue weighted by Crippen LogP contribution is 2.19. The van der Waals surface area contributed by atoms with E-state index in [1.54, 1.807) is 13.8 Å². The third-order valence-electron chi connectivity index (χ3n) is 7.23. The summed E-state index contributed by atoms with van der Waals surface area (Å²) < 4.78 is 24.3. The van der Waals surface area contributed by atoms with E-state index in [9.17, 15) is 24.3 Å². The molecular formula is C40H56O10. The predicted molar refractivity (Wildman–Crippen MR) is 192 cm³/mol. The quantitative estimate of drug-likeness (QED) is 0.0451. The Morgan fingerprint density at radius 3 is 1.70 bits per heavy atom.